The number of hydrogen-bond acceptors (Lipinski definition) is 4. The molecular weight excluding hydrogens is 194 g/mol. The van der Waals surface area contributed by atoms with Gasteiger partial charge in [-0.05, 0) is 25.1 Å². The molecule has 2 rings (SSSR count). The third kappa shape index (κ3) is 2.19. The van der Waals surface area contributed by atoms with Gasteiger partial charge in [-0.15, -0.1) is 0 Å². The van der Waals surface area contributed by atoms with Crippen molar-refractivity contribution in [2.24, 2.45) is 5.73 Å². The fourth-order valence-electron chi connectivity index (χ4n) is 1.34. The summed E-state index contributed by atoms with van der Waals surface area (Å²) in [6.45, 7) is 2.61. The van der Waals surface area contributed by atoms with Gasteiger partial charge >= 0.3 is 5.76 Å². The first-order valence-electron chi connectivity index (χ1n) is 4.77. The molecule has 1 atom stereocenters. The Morgan fingerprint density at radius 2 is 2.40 bits per heavy atom. The minimum atomic E-state index is -0.436. The zero-order valence-corrected chi connectivity index (χ0v) is 8.41. The molecule has 0 saturated carbocycles. The van der Waals surface area contributed by atoms with Crippen LogP contribution in [0.3, 0.4) is 0 Å². The molecule has 0 amide bonds. The van der Waals surface area contributed by atoms with Crippen molar-refractivity contribution >= 4 is 16.8 Å². The van der Waals surface area contributed by atoms with E-state index < -0.39 is 5.76 Å². The van der Waals surface area contributed by atoms with E-state index >= 15 is 0 Å². The number of fused-ring (bicyclic) bond motifs is 1. The Kier molecular flexibility index (Phi) is 2.47. The van der Waals surface area contributed by atoms with Crippen LogP contribution in [-0.4, -0.2) is 17.6 Å². The molecule has 0 aliphatic rings. The van der Waals surface area contributed by atoms with Crippen molar-refractivity contribution in [3.05, 3.63) is 28.7 Å². The number of nitrogens with two attached hydrogens (primary N) is 1. The zero-order chi connectivity index (χ0) is 10.8. The molecule has 1 heterocycles. The van der Waals surface area contributed by atoms with Crippen LogP contribution in [-0.2, 0) is 0 Å². The summed E-state index contributed by atoms with van der Waals surface area (Å²) in [6, 6.07) is 5.50. The van der Waals surface area contributed by atoms with Gasteiger partial charge in [-0.2, -0.15) is 0 Å². The van der Waals surface area contributed by atoms with E-state index in [0.29, 0.717) is 17.6 Å². The lowest BCUT2D eigenvalue weighted by molar-refractivity contribution is 0.555. The number of aromatic nitrogens is 1. The van der Waals surface area contributed by atoms with Gasteiger partial charge < -0.3 is 15.5 Å². The minimum Gasteiger partial charge on any atom is -0.408 e. The first-order chi connectivity index (χ1) is 7.15. The maximum atomic E-state index is 10.9. The molecule has 15 heavy (non-hydrogen) atoms. The number of aromatic amines is 1. The standard InChI is InChI=1S/C10H13N3O2/c1-6(11)5-12-7-2-3-9-8(4-7)13-10(14)15-9/h2-4,6,12H,5,11H2,1H3,(H,13,14). The van der Waals surface area contributed by atoms with E-state index in [1.54, 1.807) is 6.07 Å². The van der Waals surface area contributed by atoms with Crippen molar-refractivity contribution in [3.63, 3.8) is 0 Å². The Morgan fingerprint density at radius 3 is 3.13 bits per heavy atom. The molecule has 1 unspecified atom stereocenters. The summed E-state index contributed by atoms with van der Waals surface area (Å²) in [5.41, 5.74) is 7.78. The molecule has 0 radical (unpaired) electrons. The van der Waals surface area contributed by atoms with E-state index in [-0.39, 0.29) is 6.04 Å². The predicted octanol–water partition coefficient (Wildman–Crippen LogP) is 0.880. The molecule has 0 bridgehead atoms. The van der Waals surface area contributed by atoms with Gasteiger partial charge in [0.2, 0.25) is 0 Å². The normalized spacial score (nSPS) is 12.9. The first kappa shape index (κ1) is 9.79. The van der Waals surface area contributed by atoms with Gasteiger partial charge in [-0.25, -0.2) is 4.79 Å². The summed E-state index contributed by atoms with van der Waals surface area (Å²) < 4.78 is 4.88. The quantitative estimate of drug-likeness (QED) is 0.697. The fraction of sp³-hybridized carbons (Fsp3) is 0.300. The Balaban J connectivity index is 2.26. The lowest BCUT2D eigenvalue weighted by Gasteiger charge is -2.08. The number of nitrogens with one attached hydrogen (secondary N) is 2. The Bertz CT molecular complexity index is 513. The minimum absolute atomic E-state index is 0.0871. The number of H-pyrrole nitrogens is 1. The molecule has 0 aliphatic heterocycles. The average molecular weight is 207 g/mol. The van der Waals surface area contributed by atoms with Gasteiger partial charge in [-0.1, -0.05) is 0 Å². The van der Waals surface area contributed by atoms with Crippen LogP contribution in [0.15, 0.2) is 27.4 Å². The summed E-state index contributed by atoms with van der Waals surface area (Å²) in [6.07, 6.45) is 0. The highest BCUT2D eigenvalue weighted by molar-refractivity contribution is 5.76. The van der Waals surface area contributed by atoms with E-state index in [1.165, 1.54) is 0 Å². The largest absolute Gasteiger partial charge is 0.417 e. The van der Waals surface area contributed by atoms with Crippen LogP contribution in [0.2, 0.25) is 0 Å². The maximum Gasteiger partial charge on any atom is 0.417 e. The first-order valence-corrected chi connectivity index (χ1v) is 4.77. The number of anilines is 1. The second kappa shape index (κ2) is 3.78. The second-order valence-electron chi connectivity index (χ2n) is 3.58. The summed E-state index contributed by atoms with van der Waals surface area (Å²) in [4.78, 5) is 13.5. The van der Waals surface area contributed by atoms with E-state index in [2.05, 4.69) is 10.3 Å². The Labute approximate surface area is 86.3 Å². The Morgan fingerprint density at radius 1 is 1.60 bits per heavy atom. The lowest BCUT2D eigenvalue weighted by atomic mass is 10.2. The van der Waals surface area contributed by atoms with Crippen molar-refractivity contribution in [1.29, 1.82) is 0 Å². The van der Waals surface area contributed by atoms with Crippen LogP contribution in [0.25, 0.3) is 11.1 Å². The zero-order valence-electron chi connectivity index (χ0n) is 8.41. The molecule has 0 aliphatic carbocycles. The van der Waals surface area contributed by atoms with E-state index in [9.17, 15) is 4.79 Å². The molecular formula is C10H13N3O2. The number of hydrogen-bond donors (Lipinski definition) is 3. The summed E-state index contributed by atoms with van der Waals surface area (Å²) in [7, 11) is 0. The van der Waals surface area contributed by atoms with Crippen molar-refractivity contribution in [2.75, 3.05) is 11.9 Å². The van der Waals surface area contributed by atoms with Gasteiger partial charge in [0.15, 0.2) is 5.58 Å². The summed E-state index contributed by atoms with van der Waals surface area (Å²) in [5.74, 6) is -0.436. The second-order valence-corrected chi connectivity index (χ2v) is 3.58. The molecule has 0 spiro atoms. The molecule has 5 heteroatoms. The molecule has 1 aromatic carbocycles. The van der Waals surface area contributed by atoms with Gasteiger partial charge in [0.1, 0.15) is 0 Å². The van der Waals surface area contributed by atoms with Gasteiger partial charge in [0, 0.05) is 18.3 Å². The Hall–Kier alpha value is -1.75. The average Bonchev–Trinajstić information content (AvgIpc) is 2.53. The van der Waals surface area contributed by atoms with Crippen LogP contribution in [0.1, 0.15) is 6.92 Å². The molecule has 5 nitrogen and oxygen atoms in total. The maximum absolute atomic E-state index is 10.9. The highest BCUT2D eigenvalue weighted by Gasteiger charge is 2.01. The van der Waals surface area contributed by atoms with Gasteiger partial charge in [0.25, 0.3) is 0 Å². The molecule has 0 fully saturated rings. The predicted molar refractivity (Wildman–Crippen MR) is 59.0 cm³/mol. The SMILES string of the molecule is CC(N)CNc1ccc2oc(=O)[nH]c2c1. The molecule has 0 saturated heterocycles. The fourth-order valence-corrected chi connectivity index (χ4v) is 1.34. The van der Waals surface area contributed by atoms with Crippen LogP contribution in [0, 0.1) is 0 Å². The van der Waals surface area contributed by atoms with E-state index in [4.69, 9.17) is 10.2 Å². The number of oxazole rings is 1. The molecule has 2 aromatic rings. The molecule has 80 valence electrons. The van der Waals surface area contributed by atoms with Crippen molar-refractivity contribution in [1.82, 2.24) is 4.98 Å². The molecule has 4 N–H and O–H groups in total. The van der Waals surface area contributed by atoms with Crippen LogP contribution in [0.5, 0.6) is 0 Å². The van der Waals surface area contributed by atoms with Crippen LogP contribution in [0.4, 0.5) is 5.69 Å². The highest BCUT2D eigenvalue weighted by Crippen LogP contribution is 2.15. The smallest absolute Gasteiger partial charge is 0.408 e. The third-order valence-corrected chi connectivity index (χ3v) is 2.05. The highest BCUT2D eigenvalue weighted by atomic mass is 16.4. The number of rotatable bonds is 3. The monoisotopic (exact) mass is 207 g/mol. The van der Waals surface area contributed by atoms with Crippen molar-refractivity contribution in [3.8, 4) is 0 Å². The van der Waals surface area contributed by atoms with Gasteiger partial charge in [-0.3, -0.25) is 4.98 Å². The lowest BCUT2D eigenvalue weighted by Crippen LogP contribution is -2.25. The third-order valence-electron chi connectivity index (χ3n) is 2.05. The van der Waals surface area contributed by atoms with Crippen molar-refractivity contribution < 1.29 is 4.42 Å². The topological polar surface area (TPSA) is 84.0 Å². The number of benzene rings is 1. The van der Waals surface area contributed by atoms with Crippen molar-refractivity contribution in [2.45, 2.75) is 13.0 Å². The van der Waals surface area contributed by atoms with Gasteiger partial charge in [0.05, 0.1) is 5.52 Å². The molecule has 1 aromatic heterocycles. The van der Waals surface area contributed by atoms with Crippen LogP contribution < -0.4 is 16.8 Å². The summed E-state index contributed by atoms with van der Waals surface area (Å²) >= 11 is 0. The van der Waals surface area contributed by atoms with Crippen LogP contribution >= 0.6 is 0 Å². The summed E-state index contributed by atoms with van der Waals surface area (Å²) in [5, 5.41) is 3.16. The van der Waals surface area contributed by atoms with E-state index in [0.717, 1.165) is 5.69 Å². The van der Waals surface area contributed by atoms with E-state index in [1.807, 2.05) is 19.1 Å².